The Bertz CT molecular complexity index is 223. The quantitative estimate of drug-likeness (QED) is 0.583. The lowest BCUT2D eigenvalue weighted by Gasteiger charge is -2.47. The summed E-state index contributed by atoms with van der Waals surface area (Å²) in [6.07, 6.45) is 1.40. The molecule has 2 saturated heterocycles. The van der Waals surface area contributed by atoms with E-state index in [2.05, 4.69) is 44.5 Å². The first-order chi connectivity index (χ1) is 6.32. The molecular formula is C12H24N2. The van der Waals surface area contributed by atoms with Gasteiger partial charge in [-0.1, -0.05) is 0 Å². The van der Waals surface area contributed by atoms with Crippen LogP contribution in [0.15, 0.2) is 0 Å². The molecule has 2 aliphatic heterocycles. The van der Waals surface area contributed by atoms with Crippen molar-refractivity contribution in [3.8, 4) is 0 Å². The van der Waals surface area contributed by atoms with E-state index in [-0.39, 0.29) is 0 Å². The Kier molecular flexibility index (Phi) is 2.20. The first-order valence-corrected chi connectivity index (χ1v) is 5.78. The molecular weight excluding hydrogens is 172 g/mol. The van der Waals surface area contributed by atoms with Crippen LogP contribution in [0.1, 0.15) is 34.1 Å². The number of likely N-dealkylation sites (tertiary alicyclic amines) is 2. The largest absolute Gasteiger partial charge is 0.305 e. The van der Waals surface area contributed by atoms with Crippen molar-refractivity contribution in [3.05, 3.63) is 0 Å². The van der Waals surface area contributed by atoms with Crippen LogP contribution in [0, 0.1) is 5.41 Å². The summed E-state index contributed by atoms with van der Waals surface area (Å²) in [5.41, 5.74) is 0.985. The normalized spacial score (nSPS) is 33.6. The minimum atomic E-state index is 0.344. The molecule has 0 amide bonds. The standard InChI is InChI=1S/C12H24N2/c1-10-6-12(7-13(5)8-12)9-14(10)11(2,3)4/h10H,6-9H2,1-5H3/t10-/m1/s1. The summed E-state index contributed by atoms with van der Waals surface area (Å²) in [5, 5.41) is 0. The Balaban J connectivity index is 2.05. The first-order valence-electron chi connectivity index (χ1n) is 5.78. The molecule has 0 unspecified atom stereocenters. The SMILES string of the molecule is C[C@@H]1CC2(CN(C)C2)CN1C(C)(C)C. The molecule has 2 fully saturated rings. The van der Waals surface area contributed by atoms with Crippen LogP contribution in [0.2, 0.25) is 0 Å². The van der Waals surface area contributed by atoms with Gasteiger partial charge in [0.25, 0.3) is 0 Å². The van der Waals surface area contributed by atoms with E-state index >= 15 is 0 Å². The van der Waals surface area contributed by atoms with Crippen LogP contribution in [-0.4, -0.2) is 48.1 Å². The molecule has 1 atom stereocenters. The van der Waals surface area contributed by atoms with E-state index < -0.39 is 0 Å². The summed E-state index contributed by atoms with van der Waals surface area (Å²) in [7, 11) is 2.23. The van der Waals surface area contributed by atoms with E-state index in [1.54, 1.807) is 0 Å². The van der Waals surface area contributed by atoms with Crippen molar-refractivity contribution < 1.29 is 0 Å². The van der Waals surface area contributed by atoms with E-state index in [1.165, 1.54) is 26.1 Å². The third-order valence-corrected chi connectivity index (χ3v) is 3.84. The molecule has 0 bridgehead atoms. The van der Waals surface area contributed by atoms with Crippen molar-refractivity contribution in [3.63, 3.8) is 0 Å². The van der Waals surface area contributed by atoms with E-state index in [0.717, 1.165) is 6.04 Å². The molecule has 2 heterocycles. The van der Waals surface area contributed by atoms with Crippen LogP contribution in [-0.2, 0) is 0 Å². The van der Waals surface area contributed by atoms with Crippen LogP contribution in [0.4, 0.5) is 0 Å². The van der Waals surface area contributed by atoms with E-state index in [4.69, 9.17) is 0 Å². The predicted molar refractivity (Wildman–Crippen MR) is 60.5 cm³/mol. The second-order valence-electron chi connectivity index (χ2n) is 6.52. The number of hydrogen-bond donors (Lipinski definition) is 0. The van der Waals surface area contributed by atoms with Gasteiger partial charge in [0.15, 0.2) is 0 Å². The lowest BCUT2D eigenvalue weighted by molar-refractivity contribution is 0.0200. The summed E-state index contributed by atoms with van der Waals surface area (Å²) in [6.45, 7) is 13.3. The highest BCUT2D eigenvalue weighted by Crippen LogP contribution is 2.44. The number of hydrogen-bond acceptors (Lipinski definition) is 2. The van der Waals surface area contributed by atoms with Crippen LogP contribution in [0.25, 0.3) is 0 Å². The zero-order valence-electron chi connectivity index (χ0n) is 10.3. The average Bonchev–Trinajstić information content (AvgIpc) is 2.25. The van der Waals surface area contributed by atoms with Crippen molar-refractivity contribution in [2.45, 2.75) is 45.7 Å². The Morgan fingerprint density at radius 1 is 1.14 bits per heavy atom. The molecule has 2 heteroatoms. The van der Waals surface area contributed by atoms with Crippen molar-refractivity contribution in [2.24, 2.45) is 5.41 Å². The van der Waals surface area contributed by atoms with Gasteiger partial charge in [-0.25, -0.2) is 0 Å². The Morgan fingerprint density at radius 2 is 1.71 bits per heavy atom. The third kappa shape index (κ3) is 1.59. The zero-order chi connectivity index (χ0) is 10.6. The van der Waals surface area contributed by atoms with Gasteiger partial charge < -0.3 is 4.90 Å². The zero-order valence-corrected chi connectivity index (χ0v) is 10.3. The smallest absolute Gasteiger partial charge is 0.0128 e. The minimum Gasteiger partial charge on any atom is -0.305 e. The van der Waals surface area contributed by atoms with Crippen LogP contribution in [0.5, 0.6) is 0 Å². The van der Waals surface area contributed by atoms with Crippen molar-refractivity contribution >= 4 is 0 Å². The average molecular weight is 196 g/mol. The fourth-order valence-electron chi connectivity index (χ4n) is 3.54. The molecule has 1 spiro atoms. The van der Waals surface area contributed by atoms with Crippen molar-refractivity contribution in [1.82, 2.24) is 9.80 Å². The van der Waals surface area contributed by atoms with Gasteiger partial charge in [0.2, 0.25) is 0 Å². The molecule has 0 N–H and O–H groups in total. The maximum absolute atomic E-state index is 2.68. The molecule has 0 aliphatic carbocycles. The number of rotatable bonds is 0. The molecule has 0 aromatic rings. The molecule has 0 aromatic heterocycles. The first kappa shape index (κ1) is 10.4. The lowest BCUT2D eigenvalue weighted by Crippen LogP contribution is -2.56. The van der Waals surface area contributed by atoms with Crippen molar-refractivity contribution in [1.29, 1.82) is 0 Å². The molecule has 2 aliphatic rings. The Hall–Kier alpha value is -0.0800. The van der Waals surface area contributed by atoms with Crippen LogP contribution in [0.3, 0.4) is 0 Å². The summed E-state index contributed by atoms with van der Waals surface area (Å²) < 4.78 is 0. The van der Waals surface area contributed by atoms with E-state index in [9.17, 15) is 0 Å². The van der Waals surface area contributed by atoms with Gasteiger partial charge in [-0.05, 0) is 41.2 Å². The Labute approximate surface area is 88.3 Å². The fourth-order valence-corrected chi connectivity index (χ4v) is 3.54. The maximum Gasteiger partial charge on any atom is 0.0128 e. The highest BCUT2D eigenvalue weighted by Gasteiger charge is 2.50. The molecule has 0 saturated carbocycles. The predicted octanol–water partition coefficient (Wildman–Crippen LogP) is 1.81. The highest BCUT2D eigenvalue weighted by atomic mass is 15.3. The van der Waals surface area contributed by atoms with Crippen molar-refractivity contribution in [2.75, 3.05) is 26.7 Å². The van der Waals surface area contributed by atoms with Crippen LogP contribution >= 0.6 is 0 Å². The molecule has 0 radical (unpaired) electrons. The van der Waals surface area contributed by atoms with Gasteiger partial charge in [-0.2, -0.15) is 0 Å². The van der Waals surface area contributed by atoms with E-state index in [0.29, 0.717) is 11.0 Å². The summed E-state index contributed by atoms with van der Waals surface area (Å²) in [4.78, 5) is 5.12. The van der Waals surface area contributed by atoms with Gasteiger partial charge in [-0.15, -0.1) is 0 Å². The molecule has 2 rings (SSSR count). The van der Waals surface area contributed by atoms with Gasteiger partial charge in [0.1, 0.15) is 0 Å². The second kappa shape index (κ2) is 2.96. The molecule has 14 heavy (non-hydrogen) atoms. The highest BCUT2D eigenvalue weighted by molar-refractivity contribution is 5.05. The molecule has 0 aromatic carbocycles. The molecule has 2 nitrogen and oxygen atoms in total. The monoisotopic (exact) mass is 196 g/mol. The molecule has 82 valence electrons. The van der Waals surface area contributed by atoms with Gasteiger partial charge in [-0.3, -0.25) is 4.90 Å². The second-order valence-corrected chi connectivity index (χ2v) is 6.52. The maximum atomic E-state index is 2.68. The summed E-state index contributed by atoms with van der Waals surface area (Å²) in [6, 6.07) is 0.767. The minimum absolute atomic E-state index is 0.344. The van der Waals surface area contributed by atoms with Gasteiger partial charge in [0, 0.05) is 36.6 Å². The third-order valence-electron chi connectivity index (χ3n) is 3.84. The fraction of sp³-hybridized carbons (Fsp3) is 1.00. The van der Waals surface area contributed by atoms with Gasteiger partial charge >= 0.3 is 0 Å². The summed E-state index contributed by atoms with van der Waals surface area (Å²) >= 11 is 0. The Morgan fingerprint density at radius 3 is 2.07 bits per heavy atom. The number of nitrogens with zero attached hydrogens (tertiary/aromatic N) is 2. The van der Waals surface area contributed by atoms with Crippen LogP contribution < -0.4 is 0 Å². The van der Waals surface area contributed by atoms with Gasteiger partial charge in [0.05, 0.1) is 0 Å². The van der Waals surface area contributed by atoms with E-state index in [1.807, 2.05) is 0 Å². The topological polar surface area (TPSA) is 6.48 Å². The lowest BCUT2D eigenvalue weighted by atomic mass is 9.78. The summed E-state index contributed by atoms with van der Waals surface area (Å²) in [5.74, 6) is 0.